The number of hydrogen-bond acceptors (Lipinski definition) is 10. The number of carbonyl (C=O) groups is 5. The number of ether oxygens (including phenoxy) is 2. The standard InChI is InChI=1S/C44H51Cl2N7O8/c1-25-40(54)52-36(44(58)59)20-26-6-12-37(60-17-15-48)33(19-26)34-23-29(11-13-38(34)61-18-16-49)39(42(56)50-25)53(2)43(57)35(5-3-4-14-47)51-41(55)28-9-7-27(8-10-28)30-21-31(45)24-32(46)22-30/h6-13,19,21-25,35-36,39H,3-5,14-18,20,47-49H2,1-2H3,(H,50,56)(H,51,55)(H,52,54)(H,58,59)/t25-,35-,36-,39-/m0/s1. The van der Waals surface area contributed by atoms with E-state index in [4.69, 9.17) is 49.9 Å². The van der Waals surface area contributed by atoms with E-state index in [1.54, 1.807) is 78.9 Å². The monoisotopic (exact) mass is 875 g/mol. The fourth-order valence-electron chi connectivity index (χ4n) is 6.97. The molecule has 4 aromatic carbocycles. The van der Waals surface area contributed by atoms with Crippen molar-refractivity contribution in [1.82, 2.24) is 20.9 Å². The molecule has 15 nitrogen and oxygen atoms in total. The molecule has 1 heterocycles. The first-order chi connectivity index (χ1) is 29.2. The number of amides is 4. The van der Waals surface area contributed by atoms with E-state index in [-0.39, 0.29) is 44.7 Å². The van der Waals surface area contributed by atoms with Crippen molar-refractivity contribution in [2.24, 2.45) is 17.2 Å². The van der Waals surface area contributed by atoms with Crippen LogP contribution in [-0.4, -0.2) is 97.6 Å². The van der Waals surface area contributed by atoms with E-state index in [0.717, 1.165) is 11.1 Å². The van der Waals surface area contributed by atoms with Gasteiger partial charge in [-0.25, -0.2) is 4.79 Å². The van der Waals surface area contributed by atoms with Crippen LogP contribution in [0.4, 0.5) is 0 Å². The molecule has 324 valence electrons. The number of rotatable bonds is 16. The molecule has 1 aliphatic rings. The number of carboxylic acid groups (broad SMARTS) is 1. The van der Waals surface area contributed by atoms with Crippen molar-refractivity contribution in [2.45, 2.75) is 56.8 Å². The van der Waals surface area contributed by atoms with Gasteiger partial charge in [0.05, 0.1) is 0 Å². The molecule has 1 aliphatic heterocycles. The molecule has 5 rings (SSSR count). The van der Waals surface area contributed by atoms with Crippen LogP contribution in [-0.2, 0) is 25.6 Å². The molecule has 0 aliphatic carbocycles. The third-order valence-corrected chi connectivity index (χ3v) is 10.5. The Balaban J connectivity index is 1.57. The van der Waals surface area contributed by atoms with E-state index in [1.807, 2.05) is 0 Å². The maximum atomic E-state index is 14.7. The fraction of sp³-hybridized carbons (Fsp3) is 0.341. The summed E-state index contributed by atoms with van der Waals surface area (Å²) < 4.78 is 12.1. The van der Waals surface area contributed by atoms with Crippen molar-refractivity contribution in [3.05, 3.63) is 106 Å². The van der Waals surface area contributed by atoms with Crippen LogP contribution < -0.4 is 42.6 Å². The topological polar surface area (TPSA) is 241 Å². The molecular weight excluding hydrogens is 825 g/mol. The molecule has 0 aromatic heterocycles. The number of halogens is 2. The maximum Gasteiger partial charge on any atom is 0.326 e. The molecular formula is C44H51Cl2N7O8. The van der Waals surface area contributed by atoms with E-state index in [1.165, 1.54) is 18.9 Å². The average molecular weight is 877 g/mol. The van der Waals surface area contributed by atoms with Gasteiger partial charge < -0.3 is 52.6 Å². The van der Waals surface area contributed by atoms with E-state index in [0.29, 0.717) is 63.2 Å². The molecule has 0 spiro atoms. The molecule has 10 N–H and O–H groups in total. The summed E-state index contributed by atoms with van der Waals surface area (Å²) in [7, 11) is 1.43. The van der Waals surface area contributed by atoms with Crippen LogP contribution in [0.1, 0.15) is 53.7 Å². The molecule has 0 radical (unpaired) electrons. The van der Waals surface area contributed by atoms with Gasteiger partial charge in [-0.1, -0.05) is 47.5 Å². The van der Waals surface area contributed by atoms with Crippen LogP contribution in [0, 0.1) is 0 Å². The number of aliphatic carboxylic acids is 1. The number of unbranched alkanes of at least 4 members (excludes halogenated alkanes) is 1. The second kappa shape index (κ2) is 21.7. The lowest BCUT2D eigenvalue weighted by molar-refractivity contribution is -0.143. The minimum atomic E-state index is -1.38. The van der Waals surface area contributed by atoms with E-state index in [9.17, 15) is 29.1 Å². The van der Waals surface area contributed by atoms with Gasteiger partial charge in [0.2, 0.25) is 17.7 Å². The summed E-state index contributed by atoms with van der Waals surface area (Å²) in [5, 5.41) is 19.1. The zero-order chi connectivity index (χ0) is 44.2. The molecule has 0 saturated heterocycles. The largest absolute Gasteiger partial charge is 0.492 e. The third-order valence-electron chi connectivity index (χ3n) is 10.1. The number of benzene rings is 4. The Hall–Kier alpha value is -5.71. The average Bonchev–Trinajstić information content (AvgIpc) is 3.23. The van der Waals surface area contributed by atoms with Crippen LogP contribution >= 0.6 is 23.2 Å². The van der Waals surface area contributed by atoms with Gasteiger partial charge in [-0.3, -0.25) is 19.2 Å². The van der Waals surface area contributed by atoms with Crippen LogP contribution in [0.15, 0.2) is 78.9 Å². The highest BCUT2D eigenvalue weighted by atomic mass is 35.5. The Bertz CT molecular complexity index is 2200. The minimum Gasteiger partial charge on any atom is -0.492 e. The van der Waals surface area contributed by atoms with Crippen molar-refractivity contribution in [1.29, 1.82) is 0 Å². The summed E-state index contributed by atoms with van der Waals surface area (Å²) >= 11 is 12.4. The van der Waals surface area contributed by atoms with Gasteiger partial charge in [-0.2, -0.15) is 0 Å². The molecule has 0 fully saturated rings. The SMILES string of the molecule is C[C@@H]1NC(=O)[C@@H](N(C)C(=O)[C@H](CCCCN)NC(=O)c2ccc(-c3cc(Cl)cc(Cl)c3)cc2)c2ccc(OCCN)c(c2)-c2cc(ccc2OCCN)C[C@@H](C(=O)O)NC1=O. The lowest BCUT2D eigenvalue weighted by Crippen LogP contribution is -2.54. The van der Waals surface area contributed by atoms with E-state index < -0.39 is 53.8 Å². The highest BCUT2D eigenvalue weighted by Gasteiger charge is 2.36. The Kier molecular flexibility index (Phi) is 16.5. The summed E-state index contributed by atoms with van der Waals surface area (Å²) in [4.78, 5) is 69.9. The van der Waals surface area contributed by atoms with Crippen LogP contribution in [0.5, 0.6) is 11.5 Å². The number of carbonyl (C=O) groups excluding carboxylic acids is 4. The first-order valence-corrected chi connectivity index (χ1v) is 20.6. The van der Waals surface area contributed by atoms with Gasteiger partial charge in [0, 0.05) is 53.3 Å². The van der Waals surface area contributed by atoms with E-state index in [2.05, 4.69) is 16.0 Å². The van der Waals surface area contributed by atoms with Crippen molar-refractivity contribution in [2.75, 3.05) is 39.9 Å². The van der Waals surface area contributed by atoms with Crippen molar-refractivity contribution >= 4 is 52.8 Å². The Morgan fingerprint density at radius 3 is 2.03 bits per heavy atom. The van der Waals surface area contributed by atoms with Gasteiger partial charge in [0.1, 0.15) is 48.9 Å². The van der Waals surface area contributed by atoms with Gasteiger partial charge in [-0.05, 0) is 110 Å². The van der Waals surface area contributed by atoms with Crippen LogP contribution in [0.3, 0.4) is 0 Å². The first-order valence-electron chi connectivity index (χ1n) is 19.8. The second-order valence-electron chi connectivity index (χ2n) is 14.6. The molecule has 0 unspecified atom stereocenters. The smallest absolute Gasteiger partial charge is 0.326 e. The zero-order valence-corrected chi connectivity index (χ0v) is 35.4. The maximum absolute atomic E-state index is 14.7. The normalized spacial score (nSPS) is 16.9. The summed E-state index contributed by atoms with van der Waals surface area (Å²) in [6.45, 7) is 2.45. The predicted octanol–water partition coefficient (Wildman–Crippen LogP) is 4.06. The molecule has 4 aromatic rings. The molecule has 61 heavy (non-hydrogen) atoms. The van der Waals surface area contributed by atoms with Gasteiger partial charge in [0.25, 0.3) is 5.91 Å². The Morgan fingerprint density at radius 1 is 0.803 bits per heavy atom. The summed E-state index contributed by atoms with van der Waals surface area (Å²) in [5.74, 6) is -3.16. The van der Waals surface area contributed by atoms with Crippen LogP contribution in [0.25, 0.3) is 22.3 Å². The molecule has 4 bridgehead atoms. The Labute approximate surface area is 364 Å². The van der Waals surface area contributed by atoms with Gasteiger partial charge in [0.15, 0.2) is 0 Å². The number of hydrogen-bond donors (Lipinski definition) is 7. The fourth-order valence-corrected chi connectivity index (χ4v) is 7.50. The first kappa shape index (κ1) is 46.4. The quantitative estimate of drug-likeness (QED) is 0.0792. The van der Waals surface area contributed by atoms with Gasteiger partial charge >= 0.3 is 5.97 Å². The highest BCUT2D eigenvalue weighted by Crippen LogP contribution is 2.40. The van der Waals surface area contributed by atoms with Gasteiger partial charge in [-0.15, -0.1) is 0 Å². The lowest BCUT2D eigenvalue weighted by Gasteiger charge is -2.32. The zero-order valence-electron chi connectivity index (χ0n) is 33.9. The summed E-state index contributed by atoms with van der Waals surface area (Å²) in [6, 6.07) is 16.8. The minimum absolute atomic E-state index is 0.0946. The number of nitrogens with zero attached hydrogens (tertiary/aromatic N) is 1. The molecule has 17 heteroatoms. The van der Waals surface area contributed by atoms with Crippen molar-refractivity contribution < 1.29 is 38.6 Å². The molecule has 0 saturated carbocycles. The Morgan fingerprint density at radius 2 is 1.43 bits per heavy atom. The lowest BCUT2D eigenvalue weighted by atomic mass is 9.93. The number of nitrogens with two attached hydrogens (primary N) is 3. The number of nitrogens with one attached hydrogen (secondary N) is 3. The number of fused-ring (bicyclic) bond motifs is 5. The molecule has 4 atom stereocenters. The second-order valence-corrected chi connectivity index (χ2v) is 15.5. The van der Waals surface area contributed by atoms with Crippen molar-refractivity contribution in [3.8, 4) is 33.8 Å². The molecule has 4 amide bonds. The highest BCUT2D eigenvalue weighted by molar-refractivity contribution is 6.35. The summed E-state index contributed by atoms with van der Waals surface area (Å²) in [5.41, 5.74) is 21.0. The summed E-state index contributed by atoms with van der Waals surface area (Å²) in [6.07, 6.45) is 1.15. The van der Waals surface area contributed by atoms with E-state index >= 15 is 0 Å². The third kappa shape index (κ3) is 12.0. The number of likely N-dealkylation sites (N-methyl/N-ethyl adjacent to an activating group) is 1. The van der Waals surface area contributed by atoms with Crippen molar-refractivity contribution in [3.63, 3.8) is 0 Å². The predicted molar refractivity (Wildman–Crippen MR) is 233 cm³/mol. The number of carboxylic acids is 1. The van der Waals surface area contributed by atoms with Crippen LogP contribution in [0.2, 0.25) is 10.0 Å².